The zero-order chi connectivity index (χ0) is 13.9. The smallest absolute Gasteiger partial charge is 0.255 e. The van der Waals surface area contributed by atoms with E-state index in [-0.39, 0.29) is 24.0 Å². The van der Waals surface area contributed by atoms with Gasteiger partial charge in [0.1, 0.15) is 0 Å². The molecule has 1 aliphatic heterocycles. The van der Waals surface area contributed by atoms with Gasteiger partial charge in [0.05, 0.1) is 11.7 Å². The van der Waals surface area contributed by atoms with Crippen LogP contribution in [-0.4, -0.2) is 39.6 Å². The maximum absolute atomic E-state index is 12.7. The highest BCUT2D eigenvalue weighted by Crippen LogP contribution is 2.35. The Morgan fingerprint density at radius 1 is 1.25 bits per heavy atom. The number of likely N-dealkylation sites (tertiary alicyclic amines) is 1. The van der Waals surface area contributed by atoms with E-state index >= 15 is 0 Å². The molecule has 1 aromatic rings. The molecule has 2 heterocycles. The van der Waals surface area contributed by atoms with Gasteiger partial charge < -0.3 is 10.0 Å². The van der Waals surface area contributed by atoms with E-state index in [9.17, 15) is 9.90 Å². The van der Waals surface area contributed by atoms with Crippen LogP contribution in [0.5, 0.6) is 0 Å². The van der Waals surface area contributed by atoms with Crippen molar-refractivity contribution in [1.82, 2.24) is 9.88 Å². The molecule has 0 radical (unpaired) electrons. The van der Waals surface area contributed by atoms with Crippen LogP contribution in [-0.2, 0) is 0 Å². The predicted molar refractivity (Wildman–Crippen MR) is 76.3 cm³/mol. The van der Waals surface area contributed by atoms with E-state index in [0.29, 0.717) is 5.56 Å². The number of pyridine rings is 1. The number of rotatable bonds is 2. The van der Waals surface area contributed by atoms with Crippen LogP contribution in [0.15, 0.2) is 24.5 Å². The zero-order valence-electron chi connectivity index (χ0n) is 11.7. The highest BCUT2D eigenvalue weighted by atomic mass is 16.3. The summed E-state index contributed by atoms with van der Waals surface area (Å²) in [5.74, 6) is 0.331. The maximum Gasteiger partial charge on any atom is 0.255 e. The van der Waals surface area contributed by atoms with E-state index in [1.54, 1.807) is 18.5 Å². The van der Waals surface area contributed by atoms with Crippen molar-refractivity contribution in [2.75, 3.05) is 6.54 Å². The van der Waals surface area contributed by atoms with Gasteiger partial charge in [-0.25, -0.2) is 0 Å². The summed E-state index contributed by atoms with van der Waals surface area (Å²) in [6, 6.07) is 3.83. The monoisotopic (exact) mass is 274 g/mol. The average Bonchev–Trinajstić information content (AvgIpc) is 2.93. The second kappa shape index (κ2) is 5.92. The van der Waals surface area contributed by atoms with Crippen LogP contribution in [0.1, 0.15) is 48.9 Å². The van der Waals surface area contributed by atoms with E-state index in [2.05, 4.69) is 4.98 Å². The van der Waals surface area contributed by atoms with Crippen LogP contribution in [0, 0.1) is 5.92 Å². The molecule has 1 amide bonds. The first-order valence-corrected chi connectivity index (χ1v) is 7.66. The molecule has 4 heteroatoms. The van der Waals surface area contributed by atoms with Crippen molar-refractivity contribution in [3.05, 3.63) is 30.1 Å². The minimum atomic E-state index is -0.234. The summed E-state index contributed by atoms with van der Waals surface area (Å²) in [6.45, 7) is 0.807. The molecule has 1 N–H and O–H groups in total. The third-order valence-corrected chi connectivity index (χ3v) is 4.74. The molecule has 20 heavy (non-hydrogen) atoms. The van der Waals surface area contributed by atoms with Crippen molar-refractivity contribution in [1.29, 1.82) is 0 Å². The van der Waals surface area contributed by atoms with E-state index in [0.717, 1.165) is 45.1 Å². The number of carbonyl (C=O) groups is 1. The molecule has 4 nitrogen and oxygen atoms in total. The highest BCUT2D eigenvalue weighted by molar-refractivity contribution is 5.94. The first kappa shape index (κ1) is 13.6. The van der Waals surface area contributed by atoms with Gasteiger partial charge in [-0.05, 0) is 44.2 Å². The first-order valence-electron chi connectivity index (χ1n) is 7.66. The Balaban J connectivity index is 1.80. The van der Waals surface area contributed by atoms with E-state index < -0.39 is 0 Å². The van der Waals surface area contributed by atoms with Crippen molar-refractivity contribution < 1.29 is 9.90 Å². The topological polar surface area (TPSA) is 53.4 Å². The lowest BCUT2D eigenvalue weighted by atomic mass is 9.87. The zero-order valence-corrected chi connectivity index (χ0v) is 11.7. The minimum absolute atomic E-state index is 0.0712. The first-order chi connectivity index (χ1) is 9.77. The summed E-state index contributed by atoms with van der Waals surface area (Å²) in [6.07, 6.45) is 9.34. The standard InChI is InChI=1S/C16H22N2O2/c19-15-8-3-6-13(15)14-7-1-2-10-18(14)16(20)12-5-4-9-17-11-12/h4-5,9,11,13-15,19H,1-3,6-8,10H2. The number of nitrogens with zero attached hydrogens (tertiary/aromatic N) is 2. The molecule has 1 aliphatic carbocycles. The van der Waals surface area contributed by atoms with Crippen molar-refractivity contribution in [2.45, 2.75) is 50.7 Å². The van der Waals surface area contributed by atoms with E-state index in [4.69, 9.17) is 0 Å². The third kappa shape index (κ3) is 2.57. The summed E-state index contributed by atoms with van der Waals surface area (Å²) in [5, 5.41) is 10.2. The molecule has 3 atom stereocenters. The van der Waals surface area contributed by atoms with Gasteiger partial charge in [0.15, 0.2) is 0 Å². The Bertz CT molecular complexity index is 463. The van der Waals surface area contributed by atoms with Crippen LogP contribution in [0.3, 0.4) is 0 Å². The van der Waals surface area contributed by atoms with Crippen molar-refractivity contribution in [3.63, 3.8) is 0 Å². The van der Waals surface area contributed by atoms with Gasteiger partial charge >= 0.3 is 0 Å². The van der Waals surface area contributed by atoms with Crippen LogP contribution in [0.4, 0.5) is 0 Å². The lowest BCUT2D eigenvalue weighted by Crippen LogP contribution is -2.49. The van der Waals surface area contributed by atoms with Gasteiger partial charge in [0.2, 0.25) is 0 Å². The predicted octanol–water partition coefficient (Wildman–Crippen LogP) is 2.24. The summed E-state index contributed by atoms with van der Waals surface area (Å²) in [7, 11) is 0. The van der Waals surface area contributed by atoms with Crippen molar-refractivity contribution in [3.8, 4) is 0 Å². The minimum Gasteiger partial charge on any atom is -0.393 e. The summed E-state index contributed by atoms with van der Waals surface area (Å²) in [4.78, 5) is 18.7. The average molecular weight is 274 g/mol. The largest absolute Gasteiger partial charge is 0.393 e. The number of aliphatic hydroxyl groups is 1. The third-order valence-electron chi connectivity index (χ3n) is 4.74. The molecule has 108 valence electrons. The van der Waals surface area contributed by atoms with Crippen LogP contribution < -0.4 is 0 Å². The van der Waals surface area contributed by atoms with E-state index in [1.165, 1.54) is 0 Å². The number of hydrogen-bond donors (Lipinski definition) is 1. The lowest BCUT2D eigenvalue weighted by molar-refractivity contribution is 0.0287. The Kier molecular flexibility index (Phi) is 4.01. The Morgan fingerprint density at radius 2 is 2.15 bits per heavy atom. The molecular weight excluding hydrogens is 252 g/mol. The second-order valence-corrected chi connectivity index (χ2v) is 5.97. The molecule has 1 aromatic heterocycles. The molecular formula is C16H22N2O2. The van der Waals surface area contributed by atoms with Gasteiger partial charge in [-0.1, -0.05) is 6.42 Å². The van der Waals surface area contributed by atoms with Gasteiger partial charge in [0.25, 0.3) is 5.91 Å². The Labute approximate surface area is 119 Å². The quantitative estimate of drug-likeness (QED) is 0.900. The SMILES string of the molecule is O=C(c1cccnc1)N1CCCCC1C1CCCC1O. The number of aromatic nitrogens is 1. The fourth-order valence-corrected chi connectivity index (χ4v) is 3.73. The number of amides is 1. The summed E-state index contributed by atoms with van der Waals surface area (Å²) >= 11 is 0. The highest BCUT2D eigenvalue weighted by Gasteiger charge is 2.38. The normalized spacial score (nSPS) is 30.4. The number of hydrogen-bond acceptors (Lipinski definition) is 3. The Morgan fingerprint density at radius 3 is 2.85 bits per heavy atom. The molecule has 1 saturated carbocycles. The summed E-state index contributed by atoms with van der Waals surface area (Å²) in [5.41, 5.74) is 0.659. The lowest BCUT2D eigenvalue weighted by Gasteiger charge is -2.40. The van der Waals surface area contributed by atoms with Crippen molar-refractivity contribution >= 4 is 5.91 Å². The fourth-order valence-electron chi connectivity index (χ4n) is 3.73. The number of carbonyl (C=O) groups excluding carboxylic acids is 1. The molecule has 1 saturated heterocycles. The van der Waals surface area contributed by atoms with Crippen LogP contribution >= 0.6 is 0 Å². The molecule has 0 spiro atoms. The van der Waals surface area contributed by atoms with Gasteiger partial charge in [-0.3, -0.25) is 9.78 Å². The summed E-state index contributed by atoms with van der Waals surface area (Å²) < 4.78 is 0. The van der Waals surface area contributed by atoms with Gasteiger partial charge in [-0.15, -0.1) is 0 Å². The second-order valence-electron chi connectivity index (χ2n) is 5.97. The molecule has 2 fully saturated rings. The molecule has 3 rings (SSSR count). The van der Waals surface area contributed by atoms with Crippen LogP contribution in [0.25, 0.3) is 0 Å². The molecule has 2 aliphatic rings. The van der Waals surface area contributed by atoms with Crippen LogP contribution in [0.2, 0.25) is 0 Å². The van der Waals surface area contributed by atoms with Gasteiger partial charge in [0, 0.05) is 30.9 Å². The Hall–Kier alpha value is -1.42. The van der Waals surface area contributed by atoms with E-state index in [1.807, 2.05) is 11.0 Å². The van der Waals surface area contributed by atoms with Gasteiger partial charge in [-0.2, -0.15) is 0 Å². The molecule has 0 aromatic carbocycles. The molecule has 3 unspecified atom stereocenters. The fraction of sp³-hybridized carbons (Fsp3) is 0.625. The maximum atomic E-state index is 12.7. The van der Waals surface area contributed by atoms with Crippen molar-refractivity contribution in [2.24, 2.45) is 5.92 Å². The molecule has 0 bridgehead atoms. The number of aliphatic hydroxyl groups excluding tert-OH is 1. The number of piperidine rings is 1.